The molecule has 0 fully saturated rings. The Morgan fingerprint density at radius 3 is 2.56 bits per heavy atom. The Morgan fingerprint density at radius 1 is 1.11 bits per heavy atom. The molecule has 2 aromatic carbocycles. The van der Waals surface area contributed by atoms with E-state index in [1.807, 2.05) is 0 Å². The molecule has 0 saturated carbocycles. The lowest BCUT2D eigenvalue weighted by molar-refractivity contribution is 0.0950. The van der Waals surface area contributed by atoms with Crippen LogP contribution in [0.5, 0.6) is 0 Å². The SMILES string of the molecule is O=C(NCc1ccc(F)cc1)c1nnc(/C(Cl)=C/c2cccc(Cl)c2Cl)s1. The molecule has 138 valence electrons. The van der Waals surface area contributed by atoms with E-state index in [1.165, 1.54) is 12.1 Å². The first-order valence-corrected chi connectivity index (χ1v) is 9.57. The number of rotatable bonds is 5. The zero-order chi connectivity index (χ0) is 19.4. The summed E-state index contributed by atoms with van der Waals surface area (Å²) in [5.74, 6) is -0.728. The molecule has 0 atom stereocenters. The molecule has 0 radical (unpaired) electrons. The van der Waals surface area contributed by atoms with Crippen LogP contribution in [0.3, 0.4) is 0 Å². The minimum absolute atomic E-state index is 0.163. The fourth-order valence-electron chi connectivity index (χ4n) is 2.10. The second kappa shape index (κ2) is 8.80. The van der Waals surface area contributed by atoms with Gasteiger partial charge in [0.15, 0.2) is 5.01 Å². The van der Waals surface area contributed by atoms with Crippen molar-refractivity contribution in [3.05, 3.63) is 79.5 Å². The summed E-state index contributed by atoms with van der Waals surface area (Å²) >= 11 is 19.4. The van der Waals surface area contributed by atoms with Gasteiger partial charge in [-0.1, -0.05) is 70.4 Å². The van der Waals surface area contributed by atoms with Crippen molar-refractivity contribution in [1.29, 1.82) is 0 Å². The number of aromatic nitrogens is 2. The van der Waals surface area contributed by atoms with Crippen molar-refractivity contribution in [3.63, 3.8) is 0 Å². The minimum Gasteiger partial charge on any atom is -0.346 e. The first-order valence-electron chi connectivity index (χ1n) is 7.62. The van der Waals surface area contributed by atoms with Crippen molar-refractivity contribution in [2.45, 2.75) is 6.54 Å². The number of halogens is 4. The second-order valence-electron chi connectivity index (χ2n) is 5.36. The molecule has 0 bridgehead atoms. The molecular weight excluding hydrogens is 432 g/mol. The largest absolute Gasteiger partial charge is 0.346 e. The lowest BCUT2D eigenvalue weighted by Gasteiger charge is -2.02. The van der Waals surface area contributed by atoms with Crippen LogP contribution in [-0.2, 0) is 6.54 Å². The summed E-state index contributed by atoms with van der Waals surface area (Å²) in [6.07, 6.45) is 1.61. The molecule has 9 heteroatoms. The number of nitrogens with one attached hydrogen (secondary N) is 1. The van der Waals surface area contributed by atoms with Gasteiger partial charge < -0.3 is 5.32 Å². The number of carbonyl (C=O) groups is 1. The summed E-state index contributed by atoms with van der Waals surface area (Å²) in [5.41, 5.74) is 1.40. The van der Waals surface area contributed by atoms with Gasteiger partial charge in [-0.25, -0.2) is 4.39 Å². The molecule has 0 saturated heterocycles. The molecular formula is C18H11Cl3FN3OS. The topological polar surface area (TPSA) is 54.9 Å². The van der Waals surface area contributed by atoms with E-state index in [9.17, 15) is 9.18 Å². The highest BCUT2D eigenvalue weighted by atomic mass is 35.5. The van der Waals surface area contributed by atoms with Crippen molar-refractivity contribution in [2.24, 2.45) is 0 Å². The van der Waals surface area contributed by atoms with E-state index >= 15 is 0 Å². The molecule has 0 aliphatic carbocycles. The number of carbonyl (C=O) groups excluding carboxylic acids is 1. The van der Waals surface area contributed by atoms with Gasteiger partial charge in [0.2, 0.25) is 5.01 Å². The van der Waals surface area contributed by atoms with Crippen LogP contribution in [0.4, 0.5) is 4.39 Å². The molecule has 1 heterocycles. The predicted molar refractivity (Wildman–Crippen MR) is 108 cm³/mol. The maximum Gasteiger partial charge on any atom is 0.282 e. The van der Waals surface area contributed by atoms with Crippen LogP contribution >= 0.6 is 46.1 Å². The summed E-state index contributed by atoms with van der Waals surface area (Å²) in [5, 5.41) is 12.1. The van der Waals surface area contributed by atoms with Crippen LogP contribution in [0.15, 0.2) is 42.5 Å². The van der Waals surface area contributed by atoms with E-state index in [4.69, 9.17) is 34.8 Å². The first kappa shape index (κ1) is 19.8. The highest BCUT2D eigenvalue weighted by molar-refractivity contribution is 7.15. The summed E-state index contributed by atoms with van der Waals surface area (Å²) in [7, 11) is 0. The number of hydrogen-bond acceptors (Lipinski definition) is 4. The average Bonchev–Trinajstić information content (AvgIpc) is 3.15. The van der Waals surface area contributed by atoms with Gasteiger partial charge in [-0.05, 0) is 35.4 Å². The van der Waals surface area contributed by atoms with E-state index in [0.717, 1.165) is 16.9 Å². The Labute approximate surface area is 173 Å². The Bertz CT molecular complexity index is 1010. The molecule has 1 aromatic heterocycles. The highest BCUT2D eigenvalue weighted by Crippen LogP contribution is 2.31. The third kappa shape index (κ3) is 5.05. The van der Waals surface area contributed by atoms with Crippen LogP contribution in [0, 0.1) is 5.82 Å². The van der Waals surface area contributed by atoms with Crippen molar-refractivity contribution in [2.75, 3.05) is 0 Å². The molecule has 1 N–H and O–H groups in total. The van der Waals surface area contributed by atoms with Gasteiger partial charge in [0.25, 0.3) is 5.91 Å². The van der Waals surface area contributed by atoms with Crippen LogP contribution in [0.1, 0.15) is 25.9 Å². The zero-order valence-electron chi connectivity index (χ0n) is 13.5. The van der Waals surface area contributed by atoms with Crippen LogP contribution in [0.25, 0.3) is 11.1 Å². The third-order valence-corrected chi connectivity index (χ3v) is 5.64. The van der Waals surface area contributed by atoms with Crippen molar-refractivity contribution in [3.8, 4) is 0 Å². The highest BCUT2D eigenvalue weighted by Gasteiger charge is 2.15. The van der Waals surface area contributed by atoms with Gasteiger partial charge in [0, 0.05) is 6.54 Å². The summed E-state index contributed by atoms with van der Waals surface area (Å²) in [6, 6.07) is 11.0. The summed E-state index contributed by atoms with van der Waals surface area (Å²) < 4.78 is 12.9. The smallest absolute Gasteiger partial charge is 0.282 e. The van der Waals surface area contributed by atoms with Crippen LogP contribution < -0.4 is 5.32 Å². The molecule has 27 heavy (non-hydrogen) atoms. The van der Waals surface area contributed by atoms with E-state index in [-0.39, 0.29) is 22.4 Å². The number of nitrogens with zero attached hydrogens (tertiary/aromatic N) is 2. The molecule has 4 nitrogen and oxygen atoms in total. The minimum atomic E-state index is -0.395. The molecule has 3 rings (SSSR count). The molecule has 0 spiro atoms. The summed E-state index contributed by atoms with van der Waals surface area (Å²) in [6.45, 7) is 0.246. The maximum absolute atomic E-state index is 12.9. The van der Waals surface area contributed by atoms with E-state index in [2.05, 4.69) is 15.5 Å². The first-order chi connectivity index (χ1) is 12.9. The fourth-order valence-corrected chi connectivity index (χ4v) is 3.40. The van der Waals surface area contributed by atoms with Crippen molar-refractivity contribution in [1.82, 2.24) is 15.5 Å². The molecule has 0 aliphatic heterocycles. The van der Waals surface area contributed by atoms with Crippen molar-refractivity contribution >= 4 is 63.2 Å². The normalized spacial score (nSPS) is 11.5. The second-order valence-corrected chi connectivity index (χ2v) is 7.53. The Kier molecular flexibility index (Phi) is 6.44. The molecule has 3 aromatic rings. The maximum atomic E-state index is 12.9. The fraction of sp³-hybridized carbons (Fsp3) is 0.0556. The van der Waals surface area contributed by atoms with Gasteiger partial charge in [0.05, 0.1) is 15.1 Å². The van der Waals surface area contributed by atoms with Gasteiger partial charge in [-0.2, -0.15) is 0 Å². The Morgan fingerprint density at radius 2 is 1.81 bits per heavy atom. The van der Waals surface area contributed by atoms with Gasteiger partial charge in [-0.3, -0.25) is 4.79 Å². The molecule has 0 aliphatic rings. The van der Waals surface area contributed by atoms with Gasteiger partial charge >= 0.3 is 0 Å². The van der Waals surface area contributed by atoms with Gasteiger partial charge in [0.1, 0.15) is 5.82 Å². The molecule has 1 amide bonds. The summed E-state index contributed by atoms with van der Waals surface area (Å²) in [4.78, 5) is 12.2. The quantitative estimate of drug-likeness (QED) is 0.555. The van der Waals surface area contributed by atoms with Gasteiger partial charge in [-0.15, -0.1) is 10.2 Å². The number of amides is 1. The standard InChI is InChI=1S/C18H11Cl3FN3OS/c19-13-3-1-2-11(15(13)21)8-14(20)17-24-25-18(27-17)16(26)23-9-10-4-6-12(22)7-5-10/h1-8H,9H2,(H,23,26)/b14-8-. The lowest BCUT2D eigenvalue weighted by atomic mass is 10.2. The Hall–Kier alpha value is -1.99. The zero-order valence-corrected chi connectivity index (χ0v) is 16.6. The van der Waals surface area contributed by atoms with E-state index in [1.54, 1.807) is 36.4 Å². The number of hydrogen-bond donors (Lipinski definition) is 1. The molecule has 0 unspecified atom stereocenters. The van der Waals surface area contributed by atoms with Crippen LogP contribution in [-0.4, -0.2) is 16.1 Å². The predicted octanol–water partition coefficient (Wildman–Crippen LogP) is 5.65. The van der Waals surface area contributed by atoms with Crippen molar-refractivity contribution < 1.29 is 9.18 Å². The third-order valence-electron chi connectivity index (χ3n) is 3.45. The monoisotopic (exact) mass is 441 g/mol. The number of benzene rings is 2. The van der Waals surface area contributed by atoms with Crippen LogP contribution in [0.2, 0.25) is 10.0 Å². The Balaban J connectivity index is 1.69. The van der Waals surface area contributed by atoms with E-state index < -0.39 is 5.91 Å². The average molecular weight is 443 g/mol. The van der Waals surface area contributed by atoms with E-state index in [0.29, 0.717) is 20.6 Å². The lowest BCUT2D eigenvalue weighted by Crippen LogP contribution is -2.22.